The number of amides is 1. The van der Waals surface area contributed by atoms with Crippen LogP contribution in [0.25, 0.3) is 0 Å². The van der Waals surface area contributed by atoms with Gasteiger partial charge in [-0.15, -0.1) is 0 Å². The van der Waals surface area contributed by atoms with Crippen LogP contribution in [0.1, 0.15) is 33.1 Å². The molecule has 4 nitrogen and oxygen atoms in total. The monoisotopic (exact) mass is 225 g/mol. The summed E-state index contributed by atoms with van der Waals surface area (Å²) in [5.74, 6) is 0.221. The second-order valence-corrected chi connectivity index (χ2v) is 5.49. The number of hydrogen-bond acceptors (Lipinski definition) is 3. The summed E-state index contributed by atoms with van der Waals surface area (Å²) in [5, 5.41) is 3.07. The summed E-state index contributed by atoms with van der Waals surface area (Å²) in [7, 11) is 0. The van der Waals surface area contributed by atoms with Crippen molar-refractivity contribution in [3.05, 3.63) is 0 Å². The van der Waals surface area contributed by atoms with E-state index in [2.05, 4.69) is 10.2 Å². The molecule has 1 unspecified atom stereocenters. The Balaban J connectivity index is 1.75. The van der Waals surface area contributed by atoms with Gasteiger partial charge >= 0.3 is 0 Å². The zero-order valence-electron chi connectivity index (χ0n) is 10.3. The summed E-state index contributed by atoms with van der Waals surface area (Å²) < 4.78 is 0. The maximum absolute atomic E-state index is 11.8. The van der Waals surface area contributed by atoms with E-state index in [1.54, 1.807) is 0 Å². The van der Waals surface area contributed by atoms with Crippen LogP contribution in [0.4, 0.5) is 0 Å². The van der Waals surface area contributed by atoms with Crippen LogP contribution in [0, 0.1) is 5.92 Å². The minimum atomic E-state index is -0.366. The first-order valence-corrected chi connectivity index (χ1v) is 6.38. The molecule has 1 amide bonds. The molecule has 0 aromatic rings. The first-order chi connectivity index (χ1) is 7.58. The van der Waals surface area contributed by atoms with E-state index in [0.717, 1.165) is 25.6 Å². The molecule has 0 radical (unpaired) electrons. The lowest BCUT2D eigenvalue weighted by atomic mass is 10.0. The average molecular weight is 225 g/mol. The molecule has 0 aromatic heterocycles. The Hall–Kier alpha value is -0.610. The average Bonchev–Trinajstić information content (AvgIpc) is 2.99. The largest absolute Gasteiger partial charge is 0.351 e. The zero-order chi connectivity index (χ0) is 11.7. The molecule has 1 aliphatic heterocycles. The standard InChI is InChI=1S/C12H23N3O/c1-8(2)11(13)12(16)14-9-5-6-15(7-9)10-3-4-10/h8-11H,3-7,13H2,1-2H3,(H,14,16)/t9?,11-/m1/s1. The molecule has 1 saturated heterocycles. The van der Waals surface area contributed by atoms with Gasteiger partial charge in [0.25, 0.3) is 0 Å². The van der Waals surface area contributed by atoms with Crippen molar-refractivity contribution in [2.24, 2.45) is 11.7 Å². The van der Waals surface area contributed by atoms with E-state index in [9.17, 15) is 4.79 Å². The van der Waals surface area contributed by atoms with E-state index in [-0.39, 0.29) is 17.9 Å². The maximum Gasteiger partial charge on any atom is 0.237 e. The number of likely N-dealkylation sites (tertiary alicyclic amines) is 1. The van der Waals surface area contributed by atoms with Gasteiger partial charge in [-0.05, 0) is 25.2 Å². The highest BCUT2D eigenvalue weighted by atomic mass is 16.2. The SMILES string of the molecule is CC(C)[C@@H](N)C(=O)NC1CCN(C2CC2)C1. The molecule has 3 N–H and O–H groups in total. The van der Waals surface area contributed by atoms with E-state index in [4.69, 9.17) is 5.73 Å². The van der Waals surface area contributed by atoms with Crippen LogP contribution >= 0.6 is 0 Å². The summed E-state index contributed by atoms with van der Waals surface area (Å²) in [4.78, 5) is 14.3. The zero-order valence-corrected chi connectivity index (χ0v) is 10.3. The van der Waals surface area contributed by atoms with Gasteiger partial charge in [0.1, 0.15) is 0 Å². The summed E-state index contributed by atoms with van der Waals surface area (Å²) in [5.41, 5.74) is 5.82. The van der Waals surface area contributed by atoms with Crippen LogP contribution in [0.3, 0.4) is 0 Å². The molecule has 1 heterocycles. The highest BCUT2D eigenvalue weighted by molar-refractivity contribution is 5.82. The third kappa shape index (κ3) is 2.74. The normalized spacial score (nSPS) is 28.4. The molecule has 1 saturated carbocycles. The molecule has 2 rings (SSSR count). The summed E-state index contributed by atoms with van der Waals surface area (Å²) in [6, 6.07) is 0.758. The van der Waals surface area contributed by atoms with Crippen molar-refractivity contribution in [3.63, 3.8) is 0 Å². The Morgan fingerprint density at radius 3 is 2.62 bits per heavy atom. The molecular formula is C12H23N3O. The van der Waals surface area contributed by atoms with Gasteiger partial charge in [0.15, 0.2) is 0 Å². The molecule has 2 aliphatic rings. The van der Waals surface area contributed by atoms with E-state index in [1.165, 1.54) is 12.8 Å². The molecular weight excluding hydrogens is 202 g/mol. The summed E-state index contributed by atoms with van der Waals surface area (Å²) in [6.45, 7) is 6.11. The van der Waals surface area contributed by atoms with E-state index in [0.29, 0.717) is 6.04 Å². The van der Waals surface area contributed by atoms with E-state index < -0.39 is 0 Å². The van der Waals surface area contributed by atoms with Gasteiger partial charge in [-0.1, -0.05) is 13.8 Å². The number of nitrogens with zero attached hydrogens (tertiary/aromatic N) is 1. The third-order valence-corrected chi connectivity index (χ3v) is 3.65. The fourth-order valence-electron chi connectivity index (χ4n) is 2.28. The second-order valence-electron chi connectivity index (χ2n) is 5.49. The number of carbonyl (C=O) groups excluding carboxylic acids is 1. The number of rotatable bonds is 4. The fourth-order valence-corrected chi connectivity index (χ4v) is 2.28. The Bertz CT molecular complexity index is 263. The molecule has 16 heavy (non-hydrogen) atoms. The van der Waals surface area contributed by atoms with Gasteiger partial charge in [-0.2, -0.15) is 0 Å². The van der Waals surface area contributed by atoms with Crippen molar-refractivity contribution in [3.8, 4) is 0 Å². The van der Waals surface area contributed by atoms with Crippen molar-refractivity contribution in [1.82, 2.24) is 10.2 Å². The van der Waals surface area contributed by atoms with Crippen LogP contribution in [-0.2, 0) is 4.79 Å². The first kappa shape index (κ1) is 11.9. The lowest BCUT2D eigenvalue weighted by molar-refractivity contribution is -0.123. The number of carbonyl (C=O) groups is 1. The molecule has 0 aromatic carbocycles. The Morgan fingerprint density at radius 2 is 2.06 bits per heavy atom. The first-order valence-electron chi connectivity index (χ1n) is 6.38. The molecule has 0 spiro atoms. The predicted molar refractivity (Wildman–Crippen MR) is 64.0 cm³/mol. The van der Waals surface area contributed by atoms with Crippen LogP contribution in [0.2, 0.25) is 0 Å². The van der Waals surface area contributed by atoms with Crippen LogP contribution < -0.4 is 11.1 Å². The molecule has 4 heteroatoms. The lowest BCUT2D eigenvalue weighted by Crippen LogP contribution is -2.48. The predicted octanol–water partition coefficient (Wildman–Crippen LogP) is 0.323. The third-order valence-electron chi connectivity index (χ3n) is 3.65. The van der Waals surface area contributed by atoms with Crippen molar-refractivity contribution in [2.75, 3.05) is 13.1 Å². The minimum absolute atomic E-state index is 0.0117. The topological polar surface area (TPSA) is 58.4 Å². The lowest BCUT2D eigenvalue weighted by Gasteiger charge is -2.19. The number of nitrogens with two attached hydrogens (primary N) is 1. The van der Waals surface area contributed by atoms with Gasteiger partial charge < -0.3 is 11.1 Å². The van der Waals surface area contributed by atoms with Crippen molar-refractivity contribution in [1.29, 1.82) is 0 Å². The van der Waals surface area contributed by atoms with Crippen molar-refractivity contribution >= 4 is 5.91 Å². The highest BCUT2D eigenvalue weighted by Gasteiger charge is 2.35. The van der Waals surface area contributed by atoms with Crippen molar-refractivity contribution in [2.45, 2.75) is 51.2 Å². The molecule has 2 atom stereocenters. The van der Waals surface area contributed by atoms with Gasteiger partial charge in [0, 0.05) is 25.2 Å². The Kier molecular flexibility index (Phi) is 3.50. The molecule has 1 aliphatic carbocycles. The van der Waals surface area contributed by atoms with Gasteiger partial charge in [-0.25, -0.2) is 0 Å². The molecule has 92 valence electrons. The molecule has 2 fully saturated rings. The van der Waals surface area contributed by atoms with Gasteiger partial charge in [0.2, 0.25) is 5.91 Å². The quantitative estimate of drug-likeness (QED) is 0.724. The highest BCUT2D eigenvalue weighted by Crippen LogP contribution is 2.29. The van der Waals surface area contributed by atoms with Crippen LogP contribution in [-0.4, -0.2) is 42.0 Å². The second kappa shape index (κ2) is 4.72. The van der Waals surface area contributed by atoms with Crippen LogP contribution in [0.15, 0.2) is 0 Å². The smallest absolute Gasteiger partial charge is 0.237 e. The molecule has 0 bridgehead atoms. The summed E-state index contributed by atoms with van der Waals surface area (Å²) in [6.07, 6.45) is 3.76. The minimum Gasteiger partial charge on any atom is -0.351 e. The van der Waals surface area contributed by atoms with E-state index >= 15 is 0 Å². The number of hydrogen-bond donors (Lipinski definition) is 2. The number of nitrogens with one attached hydrogen (secondary N) is 1. The van der Waals surface area contributed by atoms with Crippen LogP contribution in [0.5, 0.6) is 0 Å². The van der Waals surface area contributed by atoms with E-state index in [1.807, 2.05) is 13.8 Å². The van der Waals surface area contributed by atoms with Crippen molar-refractivity contribution < 1.29 is 4.79 Å². The Labute approximate surface area is 97.6 Å². The fraction of sp³-hybridized carbons (Fsp3) is 0.917. The maximum atomic E-state index is 11.8. The summed E-state index contributed by atoms with van der Waals surface area (Å²) >= 11 is 0. The van der Waals surface area contributed by atoms with Gasteiger partial charge in [-0.3, -0.25) is 9.69 Å². The van der Waals surface area contributed by atoms with Gasteiger partial charge in [0.05, 0.1) is 6.04 Å². The Morgan fingerprint density at radius 1 is 1.38 bits per heavy atom.